The van der Waals surface area contributed by atoms with E-state index in [4.69, 9.17) is 5.73 Å². The Balaban J connectivity index is 2.51. The van der Waals surface area contributed by atoms with Gasteiger partial charge in [-0.25, -0.2) is 4.39 Å². The lowest BCUT2D eigenvalue weighted by atomic mass is 9.99. The molecule has 2 aromatic rings. The van der Waals surface area contributed by atoms with Crippen molar-refractivity contribution in [2.45, 2.75) is 20.3 Å². The predicted molar refractivity (Wildman–Crippen MR) is 71.6 cm³/mol. The molecule has 0 atom stereocenters. The van der Waals surface area contributed by atoms with E-state index in [9.17, 15) is 4.39 Å². The highest BCUT2D eigenvalue weighted by Gasteiger charge is 2.16. The molecule has 2 rings (SSSR count). The van der Waals surface area contributed by atoms with Gasteiger partial charge in [-0.05, 0) is 30.0 Å². The van der Waals surface area contributed by atoms with E-state index < -0.39 is 0 Å². The molecule has 0 amide bonds. The standard InChI is InChI=1S/C14H18FN3/c1-9(2)8-12-13(14(16)18(3)17-12)10-4-6-11(15)7-5-10/h4-7,9H,8,16H2,1-3H3. The van der Waals surface area contributed by atoms with E-state index in [-0.39, 0.29) is 5.82 Å². The van der Waals surface area contributed by atoms with E-state index in [2.05, 4.69) is 18.9 Å². The number of nitrogens with zero attached hydrogens (tertiary/aromatic N) is 2. The Morgan fingerprint density at radius 1 is 1.28 bits per heavy atom. The number of nitrogen functional groups attached to an aromatic ring is 1. The average molecular weight is 247 g/mol. The first-order valence-corrected chi connectivity index (χ1v) is 6.06. The smallest absolute Gasteiger partial charge is 0.129 e. The zero-order chi connectivity index (χ0) is 13.3. The summed E-state index contributed by atoms with van der Waals surface area (Å²) in [5, 5.41) is 4.45. The van der Waals surface area contributed by atoms with Gasteiger partial charge in [-0.1, -0.05) is 26.0 Å². The lowest BCUT2D eigenvalue weighted by molar-refractivity contribution is 0.621. The van der Waals surface area contributed by atoms with E-state index in [0.717, 1.165) is 23.2 Å². The maximum Gasteiger partial charge on any atom is 0.129 e. The fourth-order valence-electron chi connectivity index (χ4n) is 2.06. The van der Waals surface area contributed by atoms with E-state index in [0.29, 0.717) is 11.7 Å². The molecule has 0 saturated heterocycles. The molecule has 0 bridgehead atoms. The highest BCUT2D eigenvalue weighted by molar-refractivity contribution is 5.76. The first-order chi connectivity index (χ1) is 8.49. The molecular weight excluding hydrogens is 229 g/mol. The Morgan fingerprint density at radius 2 is 1.89 bits per heavy atom. The number of benzene rings is 1. The van der Waals surface area contributed by atoms with Crippen molar-refractivity contribution in [3.63, 3.8) is 0 Å². The number of rotatable bonds is 3. The largest absolute Gasteiger partial charge is 0.383 e. The van der Waals surface area contributed by atoms with Crippen LogP contribution in [0, 0.1) is 11.7 Å². The van der Waals surface area contributed by atoms with Gasteiger partial charge < -0.3 is 5.73 Å². The molecule has 0 fully saturated rings. The molecule has 0 spiro atoms. The van der Waals surface area contributed by atoms with Crippen LogP contribution in [-0.4, -0.2) is 9.78 Å². The molecule has 3 nitrogen and oxygen atoms in total. The van der Waals surface area contributed by atoms with Gasteiger partial charge in [0.25, 0.3) is 0 Å². The second-order valence-electron chi connectivity index (χ2n) is 4.94. The number of hydrogen-bond donors (Lipinski definition) is 1. The van der Waals surface area contributed by atoms with Crippen LogP contribution in [0.15, 0.2) is 24.3 Å². The molecule has 18 heavy (non-hydrogen) atoms. The van der Waals surface area contributed by atoms with Crippen molar-refractivity contribution in [2.24, 2.45) is 13.0 Å². The zero-order valence-electron chi connectivity index (χ0n) is 10.9. The van der Waals surface area contributed by atoms with Crippen LogP contribution in [0.1, 0.15) is 19.5 Å². The first-order valence-electron chi connectivity index (χ1n) is 6.06. The summed E-state index contributed by atoms with van der Waals surface area (Å²) in [4.78, 5) is 0. The summed E-state index contributed by atoms with van der Waals surface area (Å²) in [6, 6.07) is 6.38. The van der Waals surface area contributed by atoms with Gasteiger partial charge in [0.15, 0.2) is 0 Å². The Kier molecular flexibility index (Phi) is 3.36. The molecule has 96 valence electrons. The van der Waals surface area contributed by atoms with Crippen LogP contribution in [0.5, 0.6) is 0 Å². The normalized spacial score (nSPS) is 11.2. The van der Waals surface area contributed by atoms with Crippen molar-refractivity contribution in [2.75, 3.05) is 5.73 Å². The topological polar surface area (TPSA) is 43.8 Å². The molecular formula is C14H18FN3. The Bertz CT molecular complexity index is 541. The zero-order valence-corrected chi connectivity index (χ0v) is 10.9. The van der Waals surface area contributed by atoms with Crippen LogP contribution in [0.3, 0.4) is 0 Å². The van der Waals surface area contributed by atoms with E-state index in [1.54, 1.807) is 16.8 Å². The minimum atomic E-state index is -0.244. The summed E-state index contributed by atoms with van der Waals surface area (Å²) in [6.07, 6.45) is 0.859. The van der Waals surface area contributed by atoms with Crippen LogP contribution in [0.2, 0.25) is 0 Å². The van der Waals surface area contributed by atoms with Gasteiger partial charge in [-0.15, -0.1) is 0 Å². The number of halogens is 1. The molecule has 0 aliphatic heterocycles. The Morgan fingerprint density at radius 3 is 2.44 bits per heavy atom. The van der Waals surface area contributed by atoms with E-state index in [1.165, 1.54) is 12.1 Å². The molecule has 0 radical (unpaired) electrons. The molecule has 0 unspecified atom stereocenters. The second-order valence-corrected chi connectivity index (χ2v) is 4.94. The maximum absolute atomic E-state index is 13.0. The van der Waals surface area contributed by atoms with E-state index >= 15 is 0 Å². The molecule has 1 heterocycles. The minimum absolute atomic E-state index is 0.244. The third-order valence-electron chi connectivity index (χ3n) is 2.90. The van der Waals surface area contributed by atoms with Gasteiger partial charge in [0.2, 0.25) is 0 Å². The van der Waals surface area contributed by atoms with Gasteiger partial charge in [-0.2, -0.15) is 5.10 Å². The molecule has 1 aromatic carbocycles. The fourth-order valence-corrected chi connectivity index (χ4v) is 2.06. The summed E-state index contributed by atoms with van der Waals surface area (Å²) in [6.45, 7) is 4.28. The quantitative estimate of drug-likeness (QED) is 0.906. The summed E-state index contributed by atoms with van der Waals surface area (Å²) < 4.78 is 14.6. The van der Waals surface area contributed by atoms with Crippen molar-refractivity contribution < 1.29 is 4.39 Å². The lowest BCUT2D eigenvalue weighted by Gasteiger charge is -2.06. The highest BCUT2D eigenvalue weighted by Crippen LogP contribution is 2.30. The van der Waals surface area contributed by atoms with Gasteiger partial charge in [0, 0.05) is 12.6 Å². The van der Waals surface area contributed by atoms with Crippen LogP contribution in [0.4, 0.5) is 10.2 Å². The van der Waals surface area contributed by atoms with Crippen molar-refractivity contribution in [1.82, 2.24) is 9.78 Å². The lowest BCUT2D eigenvalue weighted by Crippen LogP contribution is -1.98. The van der Waals surface area contributed by atoms with Gasteiger partial charge in [0.1, 0.15) is 11.6 Å². The number of anilines is 1. The van der Waals surface area contributed by atoms with Crippen LogP contribution in [0.25, 0.3) is 11.1 Å². The molecule has 0 aliphatic rings. The second kappa shape index (κ2) is 4.80. The van der Waals surface area contributed by atoms with Gasteiger partial charge in [0.05, 0.1) is 5.69 Å². The summed E-state index contributed by atoms with van der Waals surface area (Å²) >= 11 is 0. The van der Waals surface area contributed by atoms with Crippen molar-refractivity contribution in [1.29, 1.82) is 0 Å². The van der Waals surface area contributed by atoms with Gasteiger partial charge >= 0.3 is 0 Å². The minimum Gasteiger partial charge on any atom is -0.383 e. The number of aryl methyl sites for hydroxylation is 1. The third-order valence-corrected chi connectivity index (χ3v) is 2.90. The number of aromatic nitrogens is 2. The number of nitrogens with two attached hydrogens (primary N) is 1. The molecule has 0 saturated carbocycles. The van der Waals surface area contributed by atoms with Crippen LogP contribution < -0.4 is 5.73 Å². The fraction of sp³-hybridized carbons (Fsp3) is 0.357. The summed E-state index contributed by atoms with van der Waals surface area (Å²) in [7, 11) is 1.83. The average Bonchev–Trinajstić information content (AvgIpc) is 2.55. The van der Waals surface area contributed by atoms with Crippen LogP contribution >= 0.6 is 0 Å². The monoisotopic (exact) mass is 247 g/mol. The third kappa shape index (κ3) is 2.37. The SMILES string of the molecule is CC(C)Cc1nn(C)c(N)c1-c1ccc(F)cc1. The molecule has 0 aliphatic carbocycles. The molecule has 4 heteroatoms. The van der Waals surface area contributed by atoms with Crippen molar-refractivity contribution in [3.05, 3.63) is 35.8 Å². The first kappa shape index (κ1) is 12.6. The molecule has 2 N–H and O–H groups in total. The number of hydrogen-bond acceptors (Lipinski definition) is 2. The van der Waals surface area contributed by atoms with Gasteiger partial charge in [-0.3, -0.25) is 4.68 Å². The van der Waals surface area contributed by atoms with Crippen LogP contribution in [-0.2, 0) is 13.5 Å². The van der Waals surface area contributed by atoms with Crippen molar-refractivity contribution in [3.8, 4) is 11.1 Å². The Hall–Kier alpha value is -1.84. The summed E-state index contributed by atoms with van der Waals surface area (Å²) in [5.74, 6) is 0.877. The van der Waals surface area contributed by atoms with E-state index in [1.807, 2.05) is 7.05 Å². The highest BCUT2D eigenvalue weighted by atomic mass is 19.1. The molecule has 1 aromatic heterocycles. The Labute approximate surface area is 106 Å². The predicted octanol–water partition coefficient (Wildman–Crippen LogP) is 3.01. The maximum atomic E-state index is 13.0. The summed E-state index contributed by atoms with van der Waals surface area (Å²) in [5.41, 5.74) is 8.86. The van der Waals surface area contributed by atoms with Crippen molar-refractivity contribution >= 4 is 5.82 Å².